The Morgan fingerprint density at radius 2 is 2.00 bits per heavy atom. The van der Waals surface area contributed by atoms with Crippen molar-refractivity contribution in [3.63, 3.8) is 0 Å². The third-order valence-corrected chi connectivity index (χ3v) is 5.04. The van der Waals surface area contributed by atoms with Gasteiger partial charge in [0.2, 0.25) is 0 Å². The number of para-hydroxylation sites is 1. The average Bonchev–Trinajstić information content (AvgIpc) is 3.14. The first-order chi connectivity index (χ1) is 13.5. The van der Waals surface area contributed by atoms with Gasteiger partial charge in [-0.2, -0.15) is 0 Å². The smallest absolute Gasteiger partial charge is 0.338 e. The third kappa shape index (κ3) is 4.68. The molecule has 0 aliphatic carbocycles. The number of carbonyl (C=O) groups excluding carboxylic acids is 2. The first-order valence-electron chi connectivity index (χ1n) is 8.54. The number of halogens is 1. The van der Waals surface area contributed by atoms with Crippen molar-refractivity contribution in [3.8, 4) is 0 Å². The van der Waals surface area contributed by atoms with Gasteiger partial charge in [-0.05, 0) is 43.7 Å². The van der Waals surface area contributed by atoms with Gasteiger partial charge in [0, 0.05) is 5.69 Å². The van der Waals surface area contributed by atoms with Gasteiger partial charge in [-0.1, -0.05) is 41.1 Å². The molecule has 0 atom stereocenters. The lowest BCUT2D eigenvalue weighted by atomic mass is 10.2. The molecule has 2 aromatic carbocycles. The molecule has 28 heavy (non-hydrogen) atoms. The minimum absolute atomic E-state index is 0.290. The molecule has 1 heterocycles. The first-order valence-corrected chi connectivity index (χ1v) is 9.74. The summed E-state index contributed by atoms with van der Waals surface area (Å²) >= 11 is 7.36. The van der Waals surface area contributed by atoms with Crippen molar-refractivity contribution in [2.45, 2.75) is 13.8 Å². The molecule has 2 N–H and O–H groups in total. The normalized spacial score (nSPS) is 10.4. The Labute approximate surface area is 171 Å². The number of rotatable bonds is 6. The SMILES string of the molecule is CCOC(=O)c1cccc(Nc2ncc(C(=O)Nc3c(C)cccc3Cl)s2)c1. The molecule has 6 nitrogen and oxygen atoms in total. The molecular formula is C20H18ClN3O3S. The number of hydrogen-bond donors (Lipinski definition) is 2. The molecule has 0 saturated carbocycles. The van der Waals surface area contributed by atoms with Gasteiger partial charge >= 0.3 is 5.97 Å². The summed E-state index contributed by atoms with van der Waals surface area (Å²) in [6.45, 7) is 3.94. The van der Waals surface area contributed by atoms with Crippen molar-refractivity contribution < 1.29 is 14.3 Å². The van der Waals surface area contributed by atoms with Crippen LogP contribution in [0.25, 0.3) is 0 Å². The quantitative estimate of drug-likeness (QED) is 0.535. The Balaban J connectivity index is 1.71. The Morgan fingerprint density at radius 1 is 1.21 bits per heavy atom. The van der Waals surface area contributed by atoms with Gasteiger partial charge in [0.15, 0.2) is 5.13 Å². The lowest BCUT2D eigenvalue weighted by molar-refractivity contribution is 0.0526. The van der Waals surface area contributed by atoms with E-state index in [1.165, 1.54) is 17.5 Å². The Bertz CT molecular complexity index is 999. The maximum atomic E-state index is 12.5. The van der Waals surface area contributed by atoms with Crippen LogP contribution in [0, 0.1) is 6.92 Å². The fourth-order valence-corrected chi connectivity index (χ4v) is 3.46. The number of anilines is 3. The van der Waals surface area contributed by atoms with Crippen molar-refractivity contribution >= 4 is 51.3 Å². The molecule has 0 aliphatic heterocycles. The number of nitrogens with zero attached hydrogens (tertiary/aromatic N) is 1. The molecule has 8 heteroatoms. The van der Waals surface area contributed by atoms with Gasteiger partial charge in [0.1, 0.15) is 4.88 Å². The summed E-state index contributed by atoms with van der Waals surface area (Å²) in [7, 11) is 0. The molecule has 0 bridgehead atoms. The summed E-state index contributed by atoms with van der Waals surface area (Å²) in [5.74, 6) is -0.678. The van der Waals surface area contributed by atoms with E-state index in [1.54, 1.807) is 37.3 Å². The highest BCUT2D eigenvalue weighted by Crippen LogP contribution is 2.28. The molecule has 1 aromatic heterocycles. The van der Waals surface area contributed by atoms with E-state index in [-0.39, 0.29) is 11.9 Å². The predicted molar refractivity (Wildman–Crippen MR) is 112 cm³/mol. The van der Waals surface area contributed by atoms with Crippen LogP contribution >= 0.6 is 22.9 Å². The van der Waals surface area contributed by atoms with E-state index in [0.29, 0.717) is 38.6 Å². The number of thiazole rings is 1. The summed E-state index contributed by atoms with van der Waals surface area (Å²) < 4.78 is 5.00. The molecule has 0 aliphatic rings. The van der Waals surface area contributed by atoms with Crippen molar-refractivity contribution in [1.82, 2.24) is 4.98 Å². The van der Waals surface area contributed by atoms with Gasteiger partial charge in [-0.3, -0.25) is 4.79 Å². The second kappa shape index (κ2) is 8.86. The molecule has 3 aromatic rings. The third-order valence-electron chi connectivity index (χ3n) is 3.81. The van der Waals surface area contributed by atoms with Crippen LogP contribution in [0.1, 0.15) is 32.5 Å². The fraction of sp³-hybridized carbons (Fsp3) is 0.150. The van der Waals surface area contributed by atoms with Crippen molar-refractivity contribution in [2.24, 2.45) is 0 Å². The molecule has 0 fully saturated rings. The van der Waals surface area contributed by atoms with Crippen LogP contribution in [0.2, 0.25) is 5.02 Å². The van der Waals surface area contributed by atoms with E-state index in [4.69, 9.17) is 16.3 Å². The Morgan fingerprint density at radius 3 is 2.75 bits per heavy atom. The highest BCUT2D eigenvalue weighted by molar-refractivity contribution is 7.17. The minimum Gasteiger partial charge on any atom is -0.462 e. The summed E-state index contributed by atoms with van der Waals surface area (Å²) in [5, 5.41) is 6.93. The lowest BCUT2D eigenvalue weighted by Gasteiger charge is -2.08. The highest BCUT2D eigenvalue weighted by Gasteiger charge is 2.14. The van der Waals surface area contributed by atoms with E-state index in [9.17, 15) is 9.59 Å². The molecule has 0 unspecified atom stereocenters. The van der Waals surface area contributed by atoms with Gasteiger partial charge in [0.25, 0.3) is 5.91 Å². The topological polar surface area (TPSA) is 80.3 Å². The van der Waals surface area contributed by atoms with Gasteiger partial charge in [-0.25, -0.2) is 9.78 Å². The first kappa shape index (κ1) is 19.9. The molecule has 0 saturated heterocycles. The number of benzene rings is 2. The highest BCUT2D eigenvalue weighted by atomic mass is 35.5. The van der Waals surface area contributed by atoms with E-state index >= 15 is 0 Å². The zero-order valence-electron chi connectivity index (χ0n) is 15.3. The summed E-state index contributed by atoms with van der Waals surface area (Å²) in [4.78, 5) is 29.0. The van der Waals surface area contributed by atoms with Crippen LogP contribution in [0.3, 0.4) is 0 Å². The second-order valence-electron chi connectivity index (χ2n) is 5.84. The van der Waals surface area contributed by atoms with Gasteiger partial charge in [0.05, 0.1) is 29.1 Å². The monoisotopic (exact) mass is 415 g/mol. The van der Waals surface area contributed by atoms with Crippen LogP contribution in [0.4, 0.5) is 16.5 Å². The molecular weight excluding hydrogens is 398 g/mol. The maximum absolute atomic E-state index is 12.5. The van der Waals surface area contributed by atoms with Crippen molar-refractivity contribution in [1.29, 1.82) is 0 Å². The van der Waals surface area contributed by atoms with Crippen molar-refractivity contribution in [3.05, 3.63) is 69.7 Å². The van der Waals surface area contributed by atoms with Crippen LogP contribution in [-0.2, 0) is 4.74 Å². The van der Waals surface area contributed by atoms with E-state index in [1.807, 2.05) is 19.1 Å². The number of ether oxygens (including phenoxy) is 1. The largest absolute Gasteiger partial charge is 0.462 e. The van der Waals surface area contributed by atoms with E-state index in [0.717, 1.165) is 5.56 Å². The van der Waals surface area contributed by atoms with Crippen LogP contribution in [-0.4, -0.2) is 23.5 Å². The standard InChI is InChI=1S/C20H18ClN3O3S/c1-3-27-19(26)13-7-5-8-14(10-13)23-20-22-11-16(28-20)18(25)24-17-12(2)6-4-9-15(17)21/h4-11H,3H2,1-2H3,(H,22,23)(H,24,25). The average molecular weight is 416 g/mol. The summed E-state index contributed by atoms with van der Waals surface area (Å²) in [6.07, 6.45) is 1.49. The van der Waals surface area contributed by atoms with E-state index < -0.39 is 0 Å². The molecule has 0 radical (unpaired) electrons. The summed E-state index contributed by atoms with van der Waals surface area (Å²) in [6, 6.07) is 12.3. The molecule has 3 rings (SSSR count). The van der Waals surface area contributed by atoms with Gasteiger partial charge < -0.3 is 15.4 Å². The summed E-state index contributed by atoms with van der Waals surface area (Å²) in [5.41, 5.74) is 2.57. The second-order valence-corrected chi connectivity index (χ2v) is 7.28. The number of carbonyl (C=O) groups is 2. The molecule has 0 spiro atoms. The zero-order chi connectivity index (χ0) is 20.1. The maximum Gasteiger partial charge on any atom is 0.338 e. The van der Waals surface area contributed by atoms with Crippen LogP contribution in [0.15, 0.2) is 48.7 Å². The number of esters is 1. The lowest BCUT2D eigenvalue weighted by Crippen LogP contribution is -2.11. The molecule has 144 valence electrons. The number of amides is 1. The van der Waals surface area contributed by atoms with Crippen molar-refractivity contribution in [2.75, 3.05) is 17.2 Å². The molecule has 1 amide bonds. The predicted octanol–water partition coefficient (Wildman–Crippen LogP) is 5.28. The van der Waals surface area contributed by atoms with Gasteiger partial charge in [-0.15, -0.1) is 0 Å². The Kier molecular flexibility index (Phi) is 6.28. The fourth-order valence-electron chi connectivity index (χ4n) is 2.46. The minimum atomic E-state index is -0.388. The Hall–Kier alpha value is -2.90. The van der Waals surface area contributed by atoms with E-state index in [2.05, 4.69) is 15.6 Å². The zero-order valence-corrected chi connectivity index (χ0v) is 16.9. The number of hydrogen-bond acceptors (Lipinski definition) is 6. The number of aryl methyl sites for hydroxylation is 1. The van der Waals surface area contributed by atoms with Crippen LogP contribution in [0.5, 0.6) is 0 Å². The number of aromatic nitrogens is 1. The number of nitrogens with one attached hydrogen (secondary N) is 2. The van der Waals surface area contributed by atoms with Crippen LogP contribution < -0.4 is 10.6 Å².